The third kappa shape index (κ3) is 3.09. The number of carbonyl (C=O) groups excluding carboxylic acids is 1. The number of ether oxygens (including phenoxy) is 1. The number of rotatable bonds is 2. The predicted octanol–water partition coefficient (Wildman–Crippen LogP) is 2.92. The highest BCUT2D eigenvalue weighted by Crippen LogP contribution is 2.37. The molecule has 1 unspecified atom stereocenters. The van der Waals surface area contributed by atoms with Crippen LogP contribution in [-0.2, 0) is 4.74 Å². The summed E-state index contributed by atoms with van der Waals surface area (Å²) >= 11 is 0. The Labute approximate surface area is 158 Å². The molecule has 3 aliphatic heterocycles. The van der Waals surface area contributed by atoms with E-state index in [9.17, 15) is 4.79 Å². The zero-order chi connectivity index (χ0) is 19.2. The molecular weight excluding hydrogens is 342 g/mol. The lowest BCUT2D eigenvalue weighted by atomic mass is 10.0. The van der Waals surface area contributed by atoms with E-state index in [1.165, 1.54) is 0 Å². The fourth-order valence-electron chi connectivity index (χ4n) is 3.34. The van der Waals surface area contributed by atoms with Crippen LogP contribution in [0.3, 0.4) is 0 Å². The van der Waals surface area contributed by atoms with E-state index in [2.05, 4.69) is 4.99 Å². The molecule has 0 radical (unpaired) electrons. The maximum absolute atomic E-state index is 12.3. The normalized spacial score (nSPS) is 26.4. The Morgan fingerprint density at radius 3 is 2.74 bits per heavy atom. The highest BCUT2D eigenvalue weighted by atomic mass is 16.6. The van der Waals surface area contributed by atoms with Crippen LogP contribution in [0.4, 0.5) is 4.79 Å². The molecule has 7 nitrogen and oxygen atoms in total. The SMILES string of the molecule is CC(C)(C)OC(=O)N1CC=C(C2=NC(C3=CC=C3)=C3C=NC=C[N+]23N)CC1. The summed E-state index contributed by atoms with van der Waals surface area (Å²) < 4.78 is 5.48. The Bertz CT molecular complexity index is 911. The fraction of sp³-hybridized carbons (Fsp3) is 0.350. The van der Waals surface area contributed by atoms with E-state index in [0.29, 0.717) is 19.5 Å². The molecule has 0 aromatic carbocycles. The lowest BCUT2D eigenvalue weighted by molar-refractivity contribution is -0.750. The first-order valence-corrected chi connectivity index (χ1v) is 9.06. The number of aliphatic imine (C=N–C) groups is 2. The molecule has 0 spiro atoms. The molecule has 1 aliphatic carbocycles. The maximum Gasteiger partial charge on any atom is 0.410 e. The van der Waals surface area contributed by atoms with Crippen molar-refractivity contribution in [3.05, 3.63) is 59.2 Å². The van der Waals surface area contributed by atoms with Gasteiger partial charge in [0.2, 0.25) is 5.70 Å². The van der Waals surface area contributed by atoms with Gasteiger partial charge in [-0.2, -0.15) is 10.8 Å². The van der Waals surface area contributed by atoms with Crippen LogP contribution in [0.15, 0.2) is 69.2 Å². The summed E-state index contributed by atoms with van der Waals surface area (Å²) in [6.07, 6.45) is 13.7. The minimum absolute atomic E-state index is 0.0162. The highest BCUT2D eigenvalue weighted by molar-refractivity contribution is 6.01. The average Bonchev–Trinajstić information content (AvgIpc) is 2.85. The number of hydrogen-bond acceptors (Lipinski definition) is 5. The maximum atomic E-state index is 12.3. The monoisotopic (exact) mass is 366 g/mol. The van der Waals surface area contributed by atoms with Gasteiger partial charge < -0.3 is 9.64 Å². The zero-order valence-electron chi connectivity index (χ0n) is 15.8. The number of amides is 1. The van der Waals surface area contributed by atoms with Crippen LogP contribution in [0, 0.1) is 0 Å². The second-order valence-corrected chi connectivity index (χ2v) is 7.91. The lowest BCUT2D eigenvalue weighted by Gasteiger charge is -2.32. The van der Waals surface area contributed by atoms with Crippen LogP contribution in [0.1, 0.15) is 27.2 Å². The molecule has 4 aliphatic rings. The summed E-state index contributed by atoms with van der Waals surface area (Å²) in [5.74, 6) is 7.48. The fourth-order valence-corrected chi connectivity index (χ4v) is 3.34. The molecule has 1 amide bonds. The molecule has 0 aromatic heterocycles. The Hall–Kier alpha value is -2.77. The van der Waals surface area contributed by atoms with Crippen LogP contribution in [0.5, 0.6) is 0 Å². The van der Waals surface area contributed by atoms with Crippen LogP contribution in [0.25, 0.3) is 0 Å². The summed E-state index contributed by atoms with van der Waals surface area (Å²) in [6, 6.07) is 0. The number of hydrogen-bond donors (Lipinski definition) is 1. The van der Waals surface area contributed by atoms with Crippen molar-refractivity contribution in [2.75, 3.05) is 13.1 Å². The van der Waals surface area contributed by atoms with Crippen LogP contribution >= 0.6 is 0 Å². The van der Waals surface area contributed by atoms with E-state index in [4.69, 9.17) is 15.6 Å². The minimum atomic E-state index is -0.501. The molecule has 140 valence electrons. The van der Waals surface area contributed by atoms with Gasteiger partial charge in [-0.15, -0.1) is 4.59 Å². The minimum Gasteiger partial charge on any atom is -0.444 e. The van der Waals surface area contributed by atoms with Gasteiger partial charge in [-0.25, -0.2) is 4.79 Å². The second-order valence-electron chi connectivity index (χ2n) is 7.91. The number of nitrogens with zero attached hydrogens (tertiary/aromatic N) is 4. The number of nitrogens with two attached hydrogens (primary N) is 1. The summed E-state index contributed by atoms with van der Waals surface area (Å²) in [5, 5.41) is 0. The number of amidine groups is 1. The van der Waals surface area contributed by atoms with Crippen molar-refractivity contribution in [3.8, 4) is 0 Å². The molecule has 0 fully saturated rings. The largest absolute Gasteiger partial charge is 0.444 e. The van der Waals surface area contributed by atoms with Gasteiger partial charge in [0.15, 0.2) is 0 Å². The smallest absolute Gasteiger partial charge is 0.410 e. The average molecular weight is 366 g/mol. The summed E-state index contributed by atoms with van der Waals surface area (Å²) in [6.45, 7) is 6.66. The van der Waals surface area contributed by atoms with Gasteiger partial charge in [0.1, 0.15) is 17.5 Å². The quantitative estimate of drug-likeness (QED) is 0.603. The standard InChI is InChI=1S/C20H24N5O2/c1-20(2,3)27-19(26)24-10-7-15(8-11-24)18-23-17(14-5-4-6-14)16-13-22-9-12-25(16,18)21/h4-7,9,12-13H,8,10-11,21H2,1-3H3/q+1. The zero-order valence-corrected chi connectivity index (χ0v) is 15.8. The summed E-state index contributed by atoms with van der Waals surface area (Å²) in [7, 11) is 0. The molecule has 3 heterocycles. The molecule has 2 N–H and O–H groups in total. The second kappa shape index (κ2) is 6.14. The molecule has 0 saturated heterocycles. The van der Waals surface area contributed by atoms with Crippen molar-refractivity contribution in [2.45, 2.75) is 32.8 Å². The number of carbonyl (C=O) groups is 1. The van der Waals surface area contributed by atoms with E-state index >= 15 is 0 Å². The van der Waals surface area contributed by atoms with E-state index in [1.54, 1.807) is 17.3 Å². The van der Waals surface area contributed by atoms with Crippen molar-refractivity contribution < 1.29 is 14.1 Å². The third-order valence-electron chi connectivity index (χ3n) is 4.77. The van der Waals surface area contributed by atoms with Gasteiger partial charge in [-0.3, -0.25) is 4.99 Å². The van der Waals surface area contributed by atoms with Crippen molar-refractivity contribution >= 4 is 18.1 Å². The number of quaternary nitrogens is 1. The molecule has 27 heavy (non-hydrogen) atoms. The number of allylic oxidation sites excluding steroid dienone is 4. The van der Waals surface area contributed by atoms with Gasteiger partial charge in [-0.05, 0) is 27.2 Å². The molecule has 1 atom stereocenters. The van der Waals surface area contributed by atoms with Crippen LogP contribution in [-0.4, -0.2) is 46.3 Å². The Balaban J connectivity index is 1.57. The number of fused-ring (bicyclic) bond motifs is 1. The van der Waals surface area contributed by atoms with Gasteiger partial charge in [0, 0.05) is 24.2 Å². The molecular formula is C20H24N5O2+. The van der Waals surface area contributed by atoms with Gasteiger partial charge in [0.25, 0.3) is 5.84 Å². The molecule has 0 bridgehead atoms. The van der Waals surface area contributed by atoms with E-state index in [-0.39, 0.29) is 10.7 Å². The van der Waals surface area contributed by atoms with E-state index in [1.807, 2.05) is 51.3 Å². The van der Waals surface area contributed by atoms with Crippen molar-refractivity contribution in [3.63, 3.8) is 0 Å². The first kappa shape index (κ1) is 17.6. The Morgan fingerprint density at radius 2 is 2.15 bits per heavy atom. The third-order valence-corrected chi connectivity index (χ3v) is 4.77. The molecule has 0 aromatic rings. The van der Waals surface area contributed by atoms with E-state index in [0.717, 1.165) is 28.4 Å². The summed E-state index contributed by atoms with van der Waals surface area (Å²) in [5.41, 5.74) is 3.32. The topological polar surface area (TPSA) is 80.3 Å². The van der Waals surface area contributed by atoms with Crippen molar-refractivity contribution in [2.24, 2.45) is 15.8 Å². The van der Waals surface area contributed by atoms with Gasteiger partial charge in [-0.1, -0.05) is 24.3 Å². The van der Waals surface area contributed by atoms with Crippen LogP contribution < -0.4 is 5.84 Å². The first-order chi connectivity index (χ1) is 12.8. The lowest BCUT2D eigenvalue weighted by Crippen LogP contribution is -2.54. The highest BCUT2D eigenvalue weighted by Gasteiger charge is 2.46. The molecule has 4 rings (SSSR count). The van der Waals surface area contributed by atoms with Crippen molar-refractivity contribution in [1.29, 1.82) is 0 Å². The Kier molecular flexibility index (Phi) is 4.01. The van der Waals surface area contributed by atoms with Gasteiger partial charge >= 0.3 is 6.09 Å². The molecule has 0 saturated carbocycles. The van der Waals surface area contributed by atoms with Crippen molar-refractivity contribution in [1.82, 2.24) is 4.90 Å². The first-order valence-electron chi connectivity index (χ1n) is 9.06. The van der Waals surface area contributed by atoms with Crippen LogP contribution in [0.2, 0.25) is 0 Å². The van der Waals surface area contributed by atoms with E-state index < -0.39 is 5.60 Å². The predicted molar refractivity (Wildman–Crippen MR) is 104 cm³/mol. The van der Waals surface area contributed by atoms with Gasteiger partial charge in [0.05, 0.1) is 12.4 Å². The Morgan fingerprint density at radius 1 is 1.37 bits per heavy atom. The molecule has 7 heteroatoms. The summed E-state index contributed by atoms with van der Waals surface area (Å²) in [4.78, 5) is 23.1.